The molecule has 1 atom stereocenters. The highest BCUT2D eigenvalue weighted by molar-refractivity contribution is 5.91. The highest BCUT2D eigenvalue weighted by Gasteiger charge is 2.32. The Morgan fingerprint density at radius 1 is 1.06 bits per heavy atom. The Balaban J connectivity index is 1.70. The zero-order valence-electron chi connectivity index (χ0n) is 19.4. The minimum absolute atomic E-state index is 0.00698. The van der Waals surface area contributed by atoms with Gasteiger partial charge in [0.1, 0.15) is 19.2 Å². The number of nitrogens with zero attached hydrogens (tertiary/aromatic N) is 1. The third kappa shape index (κ3) is 6.26. The predicted molar refractivity (Wildman–Crippen MR) is 128 cm³/mol. The summed E-state index contributed by atoms with van der Waals surface area (Å²) in [7, 11) is 0. The van der Waals surface area contributed by atoms with Crippen molar-refractivity contribution in [1.82, 2.24) is 10.2 Å². The molecule has 1 aliphatic carbocycles. The summed E-state index contributed by atoms with van der Waals surface area (Å²) >= 11 is 0. The zero-order valence-corrected chi connectivity index (χ0v) is 19.4. The van der Waals surface area contributed by atoms with Gasteiger partial charge in [0.15, 0.2) is 0 Å². The molecule has 0 radical (unpaired) electrons. The lowest BCUT2D eigenvalue weighted by Crippen LogP contribution is -2.51. The van der Waals surface area contributed by atoms with E-state index < -0.39 is 42.9 Å². The topological polar surface area (TPSA) is 122 Å². The van der Waals surface area contributed by atoms with Gasteiger partial charge in [-0.2, -0.15) is 0 Å². The standard InChI is InChI=1S/C26H28N2O7/c1-3-13-28(15-24(31)34-4-2)25(32)22(14-23(29)30)27-26(33)35-16-21-19-11-7-5-9-17(19)18-10-6-8-12-20(18)21/h3,5-12,21-22H,1,4,13-16H2,2H3,(H,27,33)(H,29,30). The van der Waals surface area contributed by atoms with E-state index >= 15 is 0 Å². The first-order chi connectivity index (χ1) is 16.8. The number of ether oxygens (including phenoxy) is 2. The third-order valence-electron chi connectivity index (χ3n) is 5.60. The molecular weight excluding hydrogens is 452 g/mol. The summed E-state index contributed by atoms with van der Waals surface area (Å²) in [5.41, 5.74) is 4.17. The molecular formula is C26H28N2O7. The lowest BCUT2D eigenvalue weighted by atomic mass is 9.98. The summed E-state index contributed by atoms with van der Waals surface area (Å²) in [6.07, 6.45) is -0.219. The Bertz CT molecular complexity index is 1070. The van der Waals surface area contributed by atoms with Gasteiger partial charge >= 0.3 is 18.0 Å². The van der Waals surface area contributed by atoms with E-state index in [1.165, 1.54) is 6.08 Å². The molecule has 2 N–H and O–H groups in total. The van der Waals surface area contributed by atoms with Crippen LogP contribution in [0.15, 0.2) is 61.2 Å². The quantitative estimate of drug-likeness (QED) is 0.375. The van der Waals surface area contributed by atoms with Crippen molar-refractivity contribution in [3.63, 3.8) is 0 Å². The van der Waals surface area contributed by atoms with Crippen molar-refractivity contribution < 1.29 is 33.8 Å². The van der Waals surface area contributed by atoms with E-state index in [4.69, 9.17) is 9.47 Å². The second kappa shape index (κ2) is 11.8. The Kier molecular flexibility index (Phi) is 8.61. The number of carbonyl (C=O) groups excluding carboxylic acids is 3. The lowest BCUT2D eigenvalue weighted by molar-refractivity contribution is -0.149. The van der Waals surface area contributed by atoms with Crippen molar-refractivity contribution in [2.45, 2.75) is 25.3 Å². The van der Waals surface area contributed by atoms with Crippen molar-refractivity contribution in [3.8, 4) is 11.1 Å². The molecule has 1 aliphatic rings. The number of amides is 2. The molecule has 184 valence electrons. The number of benzene rings is 2. The van der Waals surface area contributed by atoms with Gasteiger partial charge in [0.25, 0.3) is 0 Å². The molecule has 0 aromatic heterocycles. The number of carbonyl (C=O) groups is 4. The molecule has 2 amide bonds. The predicted octanol–water partition coefficient (Wildman–Crippen LogP) is 2.95. The number of fused-ring (bicyclic) bond motifs is 3. The Labute approximate surface area is 203 Å². The molecule has 35 heavy (non-hydrogen) atoms. The van der Waals surface area contributed by atoms with Crippen LogP contribution in [0.2, 0.25) is 0 Å². The molecule has 0 saturated heterocycles. The van der Waals surface area contributed by atoms with Crippen LogP contribution in [0.5, 0.6) is 0 Å². The van der Waals surface area contributed by atoms with Crippen LogP contribution in [0.3, 0.4) is 0 Å². The number of esters is 1. The van der Waals surface area contributed by atoms with Crippen LogP contribution >= 0.6 is 0 Å². The fraction of sp³-hybridized carbons (Fsp3) is 0.308. The summed E-state index contributed by atoms with van der Waals surface area (Å²) in [5, 5.41) is 11.6. The van der Waals surface area contributed by atoms with Crippen LogP contribution in [0.25, 0.3) is 11.1 Å². The first-order valence-electron chi connectivity index (χ1n) is 11.2. The maximum Gasteiger partial charge on any atom is 0.407 e. The van der Waals surface area contributed by atoms with Crippen LogP contribution in [0.1, 0.15) is 30.4 Å². The van der Waals surface area contributed by atoms with Gasteiger partial charge in [-0.1, -0.05) is 54.6 Å². The number of hydrogen-bond acceptors (Lipinski definition) is 6. The van der Waals surface area contributed by atoms with Gasteiger partial charge in [-0.3, -0.25) is 14.4 Å². The highest BCUT2D eigenvalue weighted by atomic mass is 16.5. The monoisotopic (exact) mass is 480 g/mol. The molecule has 9 heteroatoms. The number of carboxylic acids is 1. The summed E-state index contributed by atoms with van der Waals surface area (Å²) in [5.74, 6) is -2.90. The van der Waals surface area contributed by atoms with Crippen molar-refractivity contribution in [1.29, 1.82) is 0 Å². The Hall–Kier alpha value is -4.14. The van der Waals surface area contributed by atoms with Crippen LogP contribution in [0, 0.1) is 0 Å². The van der Waals surface area contributed by atoms with Gasteiger partial charge < -0.3 is 24.8 Å². The lowest BCUT2D eigenvalue weighted by Gasteiger charge is -2.25. The van der Waals surface area contributed by atoms with Crippen LogP contribution < -0.4 is 5.32 Å². The molecule has 3 rings (SSSR count). The average molecular weight is 481 g/mol. The summed E-state index contributed by atoms with van der Waals surface area (Å²) < 4.78 is 10.3. The number of aliphatic carboxylic acids is 1. The van der Waals surface area contributed by atoms with E-state index in [0.29, 0.717) is 0 Å². The van der Waals surface area contributed by atoms with Gasteiger partial charge in [0.05, 0.1) is 13.0 Å². The van der Waals surface area contributed by atoms with E-state index in [9.17, 15) is 24.3 Å². The minimum Gasteiger partial charge on any atom is -0.481 e. The minimum atomic E-state index is -1.43. The SMILES string of the molecule is C=CCN(CC(=O)OCC)C(=O)C(CC(=O)O)NC(=O)OCC1c2ccccc2-c2ccccc21. The fourth-order valence-electron chi connectivity index (χ4n) is 4.13. The molecule has 0 saturated carbocycles. The Morgan fingerprint density at radius 3 is 2.20 bits per heavy atom. The second-order valence-electron chi connectivity index (χ2n) is 7.93. The maximum atomic E-state index is 13.0. The van der Waals surface area contributed by atoms with E-state index in [1.54, 1.807) is 6.92 Å². The Morgan fingerprint density at radius 2 is 1.66 bits per heavy atom. The van der Waals surface area contributed by atoms with Gasteiger partial charge in [-0.05, 0) is 29.2 Å². The second-order valence-corrected chi connectivity index (χ2v) is 7.93. The average Bonchev–Trinajstić information content (AvgIpc) is 3.15. The molecule has 0 aliphatic heterocycles. The number of carboxylic acid groups (broad SMARTS) is 1. The maximum absolute atomic E-state index is 13.0. The first-order valence-corrected chi connectivity index (χ1v) is 11.2. The third-order valence-corrected chi connectivity index (χ3v) is 5.60. The largest absolute Gasteiger partial charge is 0.481 e. The molecule has 0 fully saturated rings. The number of hydrogen-bond donors (Lipinski definition) is 2. The molecule has 2 aromatic rings. The first kappa shape index (κ1) is 25.5. The molecule has 0 bridgehead atoms. The van der Waals surface area contributed by atoms with Gasteiger partial charge in [-0.25, -0.2) is 4.79 Å². The molecule has 1 unspecified atom stereocenters. The van der Waals surface area contributed by atoms with Crippen molar-refractivity contribution in [3.05, 3.63) is 72.3 Å². The van der Waals surface area contributed by atoms with Crippen molar-refractivity contribution in [2.24, 2.45) is 0 Å². The summed E-state index contributed by atoms with van der Waals surface area (Å²) in [6.45, 7) is 4.89. The van der Waals surface area contributed by atoms with E-state index in [1.807, 2.05) is 48.5 Å². The van der Waals surface area contributed by atoms with Gasteiger partial charge in [0.2, 0.25) is 5.91 Å². The highest BCUT2D eigenvalue weighted by Crippen LogP contribution is 2.44. The summed E-state index contributed by atoms with van der Waals surface area (Å²) in [6, 6.07) is 14.2. The molecule has 9 nitrogen and oxygen atoms in total. The van der Waals surface area contributed by atoms with Crippen LogP contribution in [0.4, 0.5) is 4.79 Å². The van der Waals surface area contributed by atoms with Crippen LogP contribution in [-0.4, -0.2) is 66.3 Å². The van der Waals surface area contributed by atoms with E-state index in [2.05, 4.69) is 11.9 Å². The number of rotatable bonds is 11. The smallest absolute Gasteiger partial charge is 0.407 e. The van der Waals surface area contributed by atoms with Crippen LogP contribution in [-0.2, 0) is 23.9 Å². The van der Waals surface area contributed by atoms with E-state index in [0.717, 1.165) is 27.2 Å². The number of nitrogens with one attached hydrogen (secondary N) is 1. The van der Waals surface area contributed by atoms with E-state index in [-0.39, 0.29) is 25.7 Å². The van der Waals surface area contributed by atoms with Gasteiger partial charge in [0, 0.05) is 12.5 Å². The van der Waals surface area contributed by atoms with Crippen molar-refractivity contribution in [2.75, 3.05) is 26.3 Å². The summed E-state index contributed by atoms with van der Waals surface area (Å²) in [4.78, 5) is 49.9. The van der Waals surface area contributed by atoms with Crippen molar-refractivity contribution >= 4 is 23.9 Å². The normalized spacial score (nSPS) is 12.6. The molecule has 0 spiro atoms. The van der Waals surface area contributed by atoms with Gasteiger partial charge in [-0.15, -0.1) is 6.58 Å². The zero-order chi connectivity index (χ0) is 25.4. The number of alkyl carbamates (subject to hydrolysis) is 1. The molecule has 0 heterocycles. The fourth-order valence-corrected chi connectivity index (χ4v) is 4.13. The molecule has 2 aromatic carbocycles.